The summed E-state index contributed by atoms with van der Waals surface area (Å²) in [7, 11) is 0. The molecule has 6 nitrogen and oxygen atoms in total. The van der Waals surface area contributed by atoms with Gasteiger partial charge in [-0.05, 0) is 18.2 Å². The second kappa shape index (κ2) is 5.80. The van der Waals surface area contributed by atoms with Gasteiger partial charge in [0.1, 0.15) is 0 Å². The molecule has 0 bridgehead atoms. The number of aromatic amines is 1. The number of rotatable bonds is 3. The van der Waals surface area contributed by atoms with E-state index in [9.17, 15) is 18.0 Å². The first-order valence-corrected chi connectivity index (χ1v) is 8.43. The van der Waals surface area contributed by atoms with Crippen molar-refractivity contribution in [3.63, 3.8) is 0 Å². The number of alkyl halides is 3. The molecule has 10 heteroatoms. The van der Waals surface area contributed by atoms with Gasteiger partial charge in [-0.3, -0.25) is 4.79 Å². The number of fused-ring (bicyclic) bond motifs is 2. The van der Waals surface area contributed by atoms with Crippen molar-refractivity contribution < 1.29 is 18.0 Å². The molecular weight excluding hydrogens is 355 g/mol. The van der Waals surface area contributed by atoms with E-state index in [0.717, 1.165) is 23.1 Å². The predicted octanol–water partition coefficient (Wildman–Crippen LogP) is 2.81. The monoisotopic (exact) mass is 367 g/mol. The highest BCUT2D eigenvalue weighted by molar-refractivity contribution is 7.99. The van der Waals surface area contributed by atoms with E-state index in [1.54, 1.807) is 11.8 Å². The van der Waals surface area contributed by atoms with Crippen molar-refractivity contribution in [1.82, 2.24) is 24.8 Å². The average molecular weight is 367 g/mol. The second-order valence-electron chi connectivity index (χ2n) is 5.55. The molecule has 2 aromatic heterocycles. The molecule has 0 saturated heterocycles. The molecule has 3 heterocycles. The van der Waals surface area contributed by atoms with E-state index >= 15 is 0 Å². The van der Waals surface area contributed by atoms with Crippen LogP contribution in [0.1, 0.15) is 21.9 Å². The Morgan fingerprint density at radius 3 is 2.96 bits per heavy atom. The van der Waals surface area contributed by atoms with E-state index in [-0.39, 0.29) is 29.0 Å². The van der Waals surface area contributed by atoms with Crippen LogP contribution in [-0.4, -0.2) is 31.2 Å². The fraction of sp³-hybridized carbons (Fsp3) is 0.267. The van der Waals surface area contributed by atoms with Gasteiger partial charge in [-0.1, -0.05) is 11.8 Å². The van der Waals surface area contributed by atoms with Crippen LogP contribution in [-0.2, 0) is 19.3 Å². The molecule has 0 atom stereocenters. The van der Waals surface area contributed by atoms with Gasteiger partial charge in [0.25, 0.3) is 5.91 Å². The lowest BCUT2D eigenvalue weighted by atomic mass is 10.2. The number of H-pyrrole nitrogens is 1. The highest BCUT2D eigenvalue weighted by Crippen LogP contribution is 2.28. The summed E-state index contributed by atoms with van der Waals surface area (Å²) < 4.78 is 40.1. The number of hydrogen-bond acceptors (Lipinski definition) is 4. The summed E-state index contributed by atoms with van der Waals surface area (Å²) >= 11 is 1.66. The van der Waals surface area contributed by atoms with Crippen molar-refractivity contribution in [3.8, 4) is 0 Å². The van der Waals surface area contributed by atoms with Gasteiger partial charge in [0.2, 0.25) is 5.82 Å². The van der Waals surface area contributed by atoms with E-state index in [2.05, 4.69) is 20.3 Å². The zero-order chi connectivity index (χ0) is 17.6. The molecule has 0 spiro atoms. The van der Waals surface area contributed by atoms with Gasteiger partial charge in [-0.2, -0.15) is 13.2 Å². The number of amides is 1. The van der Waals surface area contributed by atoms with Crippen LogP contribution in [0, 0.1) is 0 Å². The number of thioether (sulfide) groups is 1. The van der Waals surface area contributed by atoms with Gasteiger partial charge >= 0.3 is 6.18 Å². The van der Waals surface area contributed by atoms with Crippen LogP contribution in [0.4, 0.5) is 13.2 Å². The van der Waals surface area contributed by atoms with Crippen LogP contribution in [0.2, 0.25) is 0 Å². The van der Waals surface area contributed by atoms with Crippen LogP contribution in [0.15, 0.2) is 29.6 Å². The Balaban J connectivity index is 1.49. The Bertz CT molecular complexity index is 940. The van der Waals surface area contributed by atoms with Crippen LogP contribution >= 0.6 is 11.8 Å². The zero-order valence-corrected chi connectivity index (χ0v) is 13.5. The number of nitrogens with one attached hydrogen (secondary N) is 2. The van der Waals surface area contributed by atoms with Crippen molar-refractivity contribution in [2.24, 2.45) is 0 Å². The van der Waals surface area contributed by atoms with Crippen LogP contribution < -0.4 is 5.32 Å². The molecule has 0 aliphatic carbocycles. The van der Waals surface area contributed by atoms with Crippen LogP contribution in [0.5, 0.6) is 0 Å². The molecule has 0 unspecified atom stereocenters. The average Bonchev–Trinajstić information content (AvgIpc) is 3.24. The Morgan fingerprint density at radius 1 is 1.36 bits per heavy atom. The molecule has 130 valence electrons. The fourth-order valence-electron chi connectivity index (χ4n) is 2.60. The SMILES string of the molecule is O=C(NCc1cn2c(n1)SCC2)c1ccc2nc(C(F)(F)F)[nH]c2c1. The number of aryl methyl sites for hydroxylation is 1. The van der Waals surface area contributed by atoms with Crippen LogP contribution in [0.3, 0.4) is 0 Å². The van der Waals surface area contributed by atoms with Crippen LogP contribution in [0.25, 0.3) is 11.0 Å². The number of hydrogen-bond donors (Lipinski definition) is 2. The Kier molecular flexibility index (Phi) is 3.71. The Labute approximate surface area is 143 Å². The summed E-state index contributed by atoms with van der Waals surface area (Å²) in [6, 6.07) is 4.19. The van der Waals surface area contributed by atoms with Gasteiger partial charge in [0.05, 0.1) is 23.3 Å². The second-order valence-corrected chi connectivity index (χ2v) is 6.62. The number of imidazole rings is 2. The third-order valence-electron chi connectivity index (χ3n) is 3.80. The van der Waals surface area contributed by atoms with Gasteiger partial charge in [0.15, 0.2) is 5.16 Å². The molecule has 1 aromatic carbocycles. The van der Waals surface area contributed by atoms with E-state index in [4.69, 9.17) is 0 Å². The summed E-state index contributed by atoms with van der Waals surface area (Å²) in [6.07, 6.45) is -2.66. The van der Waals surface area contributed by atoms with E-state index in [1.807, 2.05) is 10.8 Å². The van der Waals surface area contributed by atoms with Crippen molar-refractivity contribution in [3.05, 3.63) is 41.5 Å². The predicted molar refractivity (Wildman–Crippen MR) is 85.2 cm³/mol. The minimum atomic E-state index is -4.55. The maximum absolute atomic E-state index is 12.7. The molecule has 1 aliphatic rings. The van der Waals surface area contributed by atoms with Gasteiger partial charge in [-0.25, -0.2) is 9.97 Å². The number of carbonyl (C=O) groups excluding carboxylic acids is 1. The summed E-state index contributed by atoms with van der Waals surface area (Å²) in [5.74, 6) is -0.463. The molecule has 25 heavy (non-hydrogen) atoms. The van der Waals surface area contributed by atoms with E-state index in [0.29, 0.717) is 0 Å². The minimum Gasteiger partial charge on any atom is -0.346 e. The van der Waals surface area contributed by atoms with Gasteiger partial charge in [-0.15, -0.1) is 0 Å². The van der Waals surface area contributed by atoms with Crippen molar-refractivity contribution in [1.29, 1.82) is 0 Å². The number of nitrogens with zero attached hydrogens (tertiary/aromatic N) is 3. The molecule has 4 rings (SSSR count). The smallest absolute Gasteiger partial charge is 0.346 e. The topological polar surface area (TPSA) is 75.6 Å². The number of benzene rings is 1. The molecule has 0 fully saturated rings. The maximum atomic E-state index is 12.7. The summed E-state index contributed by atoms with van der Waals surface area (Å²) in [4.78, 5) is 22.3. The Morgan fingerprint density at radius 2 is 2.20 bits per heavy atom. The summed E-state index contributed by atoms with van der Waals surface area (Å²) in [5.41, 5.74) is 1.33. The molecule has 1 amide bonds. The number of aromatic nitrogens is 4. The lowest BCUT2D eigenvalue weighted by Crippen LogP contribution is -2.22. The van der Waals surface area contributed by atoms with Gasteiger partial charge < -0.3 is 14.9 Å². The third-order valence-corrected chi connectivity index (χ3v) is 4.77. The first-order valence-electron chi connectivity index (χ1n) is 7.44. The number of halogens is 3. The normalized spacial score (nSPS) is 14.0. The lowest BCUT2D eigenvalue weighted by molar-refractivity contribution is -0.144. The first kappa shape index (κ1) is 16.0. The summed E-state index contributed by atoms with van der Waals surface area (Å²) in [5, 5.41) is 3.66. The molecule has 2 N–H and O–H groups in total. The highest BCUT2D eigenvalue weighted by Gasteiger charge is 2.34. The maximum Gasteiger partial charge on any atom is 0.449 e. The Hall–Kier alpha value is -2.49. The molecule has 3 aromatic rings. The minimum absolute atomic E-state index is 0.159. The van der Waals surface area contributed by atoms with Crippen molar-refractivity contribution in [2.75, 3.05) is 5.75 Å². The highest BCUT2D eigenvalue weighted by atomic mass is 32.2. The lowest BCUT2D eigenvalue weighted by Gasteiger charge is -2.03. The van der Waals surface area contributed by atoms with E-state index < -0.39 is 12.0 Å². The fourth-order valence-corrected chi connectivity index (χ4v) is 3.57. The molecule has 1 aliphatic heterocycles. The zero-order valence-electron chi connectivity index (χ0n) is 12.7. The van der Waals surface area contributed by atoms with Crippen molar-refractivity contribution in [2.45, 2.75) is 24.4 Å². The first-order chi connectivity index (χ1) is 11.9. The third kappa shape index (κ3) is 3.09. The molecule has 0 radical (unpaired) electrons. The van der Waals surface area contributed by atoms with Gasteiger partial charge in [0, 0.05) is 24.1 Å². The largest absolute Gasteiger partial charge is 0.449 e. The standard InChI is InChI=1S/C15H12F3N5OS/c16-15(17,18)13-21-10-2-1-8(5-11(10)22-13)12(24)19-6-9-7-23-3-4-25-14(23)20-9/h1-2,5,7H,3-4,6H2,(H,19,24)(H,21,22). The quantitative estimate of drug-likeness (QED) is 0.746. The van der Waals surface area contributed by atoms with E-state index in [1.165, 1.54) is 18.2 Å². The summed E-state index contributed by atoms with van der Waals surface area (Å²) in [6.45, 7) is 1.16. The van der Waals surface area contributed by atoms with Crippen molar-refractivity contribution >= 4 is 28.7 Å². The number of carbonyl (C=O) groups is 1. The molecule has 0 saturated carbocycles. The molecular formula is C15H12F3N5OS.